The fourth-order valence-corrected chi connectivity index (χ4v) is 3.41. The van der Waals surface area contributed by atoms with E-state index in [2.05, 4.69) is 11.4 Å². The van der Waals surface area contributed by atoms with Gasteiger partial charge in [-0.05, 0) is 24.6 Å². The van der Waals surface area contributed by atoms with Crippen molar-refractivity contribution in [2.75, 3.05) is 11.5 Å². The van der Waals surface area contributed by atoms with E-state index in [0.29, 0.717) is 11.3 Å². The van der Waals surface area contributed by atoms with E-state index in [9.17, 15) is 4.21 Å². The lowest BCUT2D eigenvalue weighted by atomic mass is 10.1. The van der Waals surface area contributed by atoms with Gasteiger partial charge in [0.25, 0.3) is 0 Å². The van der Waals surface area contributed by atoms with Crippen LogP contribution in [-0.2, 0) is 10.8 Å². The summed E-state index contributed by atoms with van der Waals surface area (Å²) in [5.41, 5.74) is 1.77. The molecule has 3 unspecified atom stereocenters. The second-order valence-electron chi connectivity index (χ2n) is 4.13. The zero-order chi connectivity index (χ0) is 11.5. The number of hydrogen-bond donors (Lipinski definition) is 1. The molecular weight excluding hydrogens is 220 g/mol. The molecule has 1 aromatic rings. The van der Waals surface area contributed by atoms with Gasteiger partial charge in [0.15, 0.2) is 0 Å². The van der Waals surface area contributed by atoms with E-state index < -0.39 is 10.8 Å². The fraction of sp³-hybridized carbons (Fsp3) is 0.417. The van der Waals surface area contributed by atoms with Crippen LogP contribution < -0.4 is 5.32 Å². The first-order valence-electron chi connectivity index (χ1n) is 5.30. The van der Waals surface area contributed by atoms with Crippen molar-refractivity contribution < 1.29 is 4.21 Å². The van der Waals surface area contributed by atoms with Gasteiger partial charge in [-0.15, -0.1) is 0 Å². The van der Waals surface area contributed by atoms with Crippen molar-refractivity contribution in [3.63, 3.8) is 0 Å². The first-order chi connectivity index (χ1) is 7.69. The second kappa shape index (κ2) is 4.77. The monoisotopic (exact) mass is 234 g/mol. The van der Waals surface area contributed by atoms with E-state index in [1.165, 1.54) is 0 Å². The maximum Gasteiger partial charge on any atom is 0.0991 e. The molecule has 1 N–H and O–H groups in total. The van der Waals surface area contributed by atoms with Crippen LogP contribution in [0, 0.1) is 11.3 Å². The summed E-state index contributed by atoms with van der Waals surface area (Å²) in [6.07, 6.45) is 0. The summed E-state index contributed by atoms with van der Waals surface area (Å²) in [4.78, 5) is 0. The van der Waals surface area contributed by atoms with E-state index >= 15 is 0 Å². The van der Waals surface area contributed by atoms with Gasteiger partial charge in [0, 0.05) is 34.4 Å². The molecule has 0 bridgehead atoms. The Bertz CT molecular complexity index is 435. The van der Waals surface area contributed by atoms with Crippen molar-refractivity contribution in [1.29, 1.82) is 5.26 Å². The van der Waals surface area contributed by atoms with E-state index in [1.54, 1.807) is 12.1 Å². The Balaban J connectivity index is 2.17. The van der Waals surface area contributed by atoms with Crippen LogP contribution in [0.3, 0.4) is 0 Å². The maximum absolute atomic E-state index is 11.6. The molecule has 1 aliphatic heterocycles. The van der Waals surface area contributed by atoms with Gasteiger partial charge in [-0.25, -0.2) is 0 Å². The van der Waals surface area contributed by atoms with Crippen LogP contribution in [0.25, 0.3) is 0 Å². The minimum absolute atomic E-state index is 0.150. The normalized spacial score (nSPS) is 29.6. The molecule has 16 heavy (non-hydrogen) atoms. The van der Waals surface area contributed by atoms with E-state index in [-0.39, 0.29) is 12.1 Å². The van der Waals surface area contributed by atoms with Crippen LogP contribution >= 0.6 is 0 Å². The Morgan fingerprint density at radius 2 is 2.06 bits per heavy atom. The Hall–Kier alpha value is -1.18. The van der Waals surface area contributed by atoms with Crippen LogP contribution in [0.4, 0.5) is 0 Å². The van der Waals surface area contributed by atoms with E-state index in [0.717, 1.165) is 11.3 Å². The molecule has 0 amide bonds. The van der Waals surface area contributed by atoms with Gasteiger partial charge in [-0.2, -0.15) is 5.26 Å². The Morgan fingerprint density at radius 3 is 2.62 bits per heavy atom. The summed E-state index contributed by atoms with van der Waals surface area (Å²) in [6, 6.07) is 10.0. The molecule has 0 aliphatic carbocycles. The molecule has 2 rings (SSSR count). The summed E-state index contributed by atoms with van der Waals surface area (Å²) in [6.45, 7) is 2.05. The first kappa shape index (κ1) is 11.3. The first-order valence-corrected chi connectivity index (χ1v) is 6.79. The molecule has 0 radical (unpaired) electrons. The minimum atomic E-state index is -0.736. The minimum Gasteiger partial charge on any atom is -0.306 e. The summed E-state index contributed by atoms with van der Waals surface area (Å²) in [7, 11) is -0.736. The lowest BCUT2D eigenvalue weighted by Gasteiger charge is -2.28. The Labute approximate surface area is 97.9 Å². The second-order valence-corrected chi connectivity index (χ2v) is 5.67. The zero-order valence-electron chi connectivity index (χ0n) is 9.14. The number of rotatable bonds is 1. The molecule has 1 aromatic carbocycles. The quantitative estimate of drug-likeness (QED) is 0.797. The van der Waals surface area contributed by atoms with Gasteiger partial charge in [0.1, 0.15) is 0 Å². The Kier molecular flexibility index (Phi) is 3.37. The van der Waals surface area contributed by atoms with Gasteiger partial charge in [-0.1, -0.05) is 12.1 Å². The van der Waals surface area contributed by atoms with E-state index in [1.807, 2.05) is 19.1 Å². The molecule has 1 saturated heterocycles. The lowest BCUT2D eigenvalue weighted by molar-refractivity contribution is 0.490. The highest BCUT2D eigenvalue weighted by Crippen LogP contribution is 2.19. The van der Waals surface area contributed by atoms with Crippen molar-refractivity contribution in [1.82, 2.24) is 5.32 Å². The maximum atomic E-state index is 11.6. The number of nitrogens with one attached hydrogen (secondary N) is 1. The molecule has 1 heterocycles. The molecule has 1 aliphatic rings. The van der Waals surface area contributed by atoms with Gasteiger partial charge in [0.05, 0.1) is 11.6 Å². The van der Waals surface area contributed by atoms with E-state index in [4.69, 9.17) is 5.26 Å². The number of nitrogens with zero attached hydrogens (tertiary/aromatic N) is 1. The van der Waals surface area contributed by atoms with Gasteiger partial charge < -0.3 is 5.32 Å². The average Bonchev–Trinajstić information content (AvgIpc) is 2.28. The van der Waals surface area contributed by atoms with Crippen molar-refractivity contribution in [2.24, 2.45) is 0 Å². The Morgan fingerprint density at radius 1 is 1.38 bits per heavy atom. The lowest BCUT2D eigenvalue weighted by Crippen LogP contribution is -2.43. The van der Waals surface area contributed by atoms with Crippen LogP contribution in [0.5, 0.6) is 0 Å². The third-order valence-electron chi connectivity index (χ3n) is 2.72. The summed E-state index contributed by atoms with van der Waals surface area (Å²) in [5, 5.41) is 12.1. The molecule has 4 heteroatoms. The van der Waals surface area contributed by atoms with Crippen molar-refractivity contribution in [3.8, 4) is 6.07 Å². The molecule has 0 saturated carbocycles. The summed E-state index contributed by atoms with van der Waals surface area (Å²) >= 11 is 0. The van der Waals surface area contributed by atoms with Gasteiger partial charge in [0.2, 0.25) is 0 Å². The van der Waals surface area contributed by atoms with Gasteiger partial charge in [-0.3, -0.25) is 4.21 Å². The number of benzene rings is 1. The van der Waals surface area contributed by atoms with Crippen LogP contribution in [0.2, 0.25) is 0 Å². The van der Waals surface area contributed by atoms with Gasteiger partial charge >= 0.3 is 0 Å². The van der Waals surface area contributed by atoms with Crippen LogP contribution in [0.1, 0.15) is 24.1 Å². The predicted molar refractivity (Wildman–Crippen MR) is 64.4 cm³/mol. The molecule has 0 spiro atoms. The third kappa shape index (κ3) is 2.49. The highest BCUT2D eigenvalue weighted by Gasteiger charge is 2.23. The smallest absolute Gasteiger partial charge is 0.0991 e. The highest BCUT2D eigenvalue weighted by atomic mass is 32.2. The molecule has 3 nitrogen and oxygen atoms in total. The largest absolute Gasteiger partial charge is 0.306 e. The van der Waals surface area contributed by atoms with Crippen LogP contribution in [-0.4, -0.2) is 21.8 Å². The molecule has 3 atom stereocenters. The van der Waals surface area contributed by atoms with Crippen molar-refractivity contribution >= 4 is 10.8 Å². The predicted octanol–water partition coefficient (Wildman–Crippen LogP) is 1.34. The molecule has 0 aromatic heterocycles. The third-order valence-corrected chi connectivity index (χ3v) is 4.29. The molecule has 84 valence electrons. The molecule has 1 fully saturated rings. The number of nitriles is 1. The average molecular weight is 234 g/mol. The van der Waals surface area contributed by atoms with Crippen LogP contribution in [0.15, 0.2) is 24.3 Å². The summed E-state index contributed by atoms with van der Waals surface area (Å²) in [5.74, 6) is 1.39. The standard InChI is InChI=1S/C12H14N2OS/c1-9-7-16(15)8-12(14-9)11-4-2-10(6-13)3-5-11/h2-5,9,12,14H,7-8H2,1H3. The summed E-state index contributed by atoms with van der Waals surface area (Å²) < 4.78 is 11.6. The zero-order valence-corrected chi connectivity index (χ0v) is 9.96. The topological polar surface area (TPSA) is 52.9 Å². The fourth-order valence-electron chi connectivity index (χ4n) is 1.95. The SMILES string of the molecule is CC1CS(=O)CC(c2ccc(C#N)cc2)N1. The molecular formula is C12H14N2OS. The highest BCUT2D eigenvalue weighted by molar-refractivity contribution is 7.85. The number of hydrogen-bond acceptors (Lipinski definition) is 3. The van der Waals surface area contributed by atoms with Crippen molar-refractivity contribution in [3.05, 3.63) is 35.4 Å². The van der Waals surface area contributed by atoms with Crippen molar-refractivity contribution in [2.45, 2.75) is 19.0 Å².